The predicted octanol–water partition coefficient (Wildman–Crippen LogP) is 15.0. The maximum Gasteiger partial charge on any atom is 0.306 e. The maximum absolute atomic E-state index is 11.8. The summed E-state index contributed by atoms with van der Waals surface area (Å²) in [5.41, 5.74) is 4.18. The fourth-order valence-corrected chi connectivity index (χ4v) is 7.00. The van der Waals surface area contributed by atoms with Crippen LogP contribution < -0.4 is 0 Å². The van der Waals surface area contributed by atoms with Crippen molar-refractivity contribution in [2.24, 2.45) is 22.9 Å². The fourth-order valence-electron chi connectivity index (χ4n) is 7.00. The number of halogens is 2. The van der Waals surface area contributed by atoms with E-state index in [1.54, 1.807) is 49.4 Å². The van der Waals surface area contributed by atoms with E-state index in [1.165, 1.54) is 56.8 Å². The van der Waals surface area contributed by atoms with E-state index in [-0.39, 0.29) is 451 Å². The normalized spacial score (nSPS) is 9.59. The smallest absolute Gasteiger partial charge is 0.306 e. The first kappa shape index (κ1) is 175. The summed E-state index contributed by atoms with van der Waals surface area (Å²) in [6, 6.07) is 0. The Hall–Kier alpha value is 6.95. The van der Waals surface area contributed by atoms with Gasteiger partial charge in [-0.25, -0.2) is 5.06 Å². The third-order valence-corrected chi connectivity index (χ3v) is 13.2. The van der Waals surface area contributed by atoms with Gasteiger partial charge in [0, 0.05) is 495 Å². The molecule has 0 N–H and O–H groups in total. The number of hydroxylamine groups is 2. The molecule has 0 aliphatic carbocycles. The second-order valence-electron chi connectivity index (χ2n) is 18.2. The number of esters is 5. The van der Waals surface area contributed by atoms with Gasteiger partial charge in [-0.15, -0.1) is 0 Å². The maximum atomic E-state index is 11.8. The number of ketones is 1. The molecule has 0 aliphatic rings. The van der Waals surface area contributed by atoms with Crippen LogP contribution in [0.5, 0.6) is 0 Å². The number of rotatable bonds is 32. The van der Waals surface area contributed by atoms with Crippen molar-refractivity contribution in [1.29, 1.82) is 0 Å². The summed E-state index contributed by atoms with van der Waals surface area (Å²) in [7, 11) is 19.0. The molecule has 0 saturated carbocycles. The molecule has 25 nitrogen and oxygen atoms in total. The summed E-state index contributed by atoms with van der Waals surface area (Å²) < 4.78 is 59.2. The molecular formula is C72H132Br2N4O21U5Y7. The first-order valence-corrected chi connectivity index (χ1v) is 34.9. The van der Waals surface area contributed by atoms with Crippen LogP contribution in [-0.2, 0) is 320 Å². The van der Waals surface area contributed by atoms with Gasteiger partial charge < -0.3 is 61.3 Å². The molecule has 2 rings (SSSR count). The van der Waals surface area contributed by atoms with E-state index in [1.807, 2.05) is 124 Å². The average Bonchev–Trinajstić information content (AvgIpc) is 1.72. The number of hydrogen-bond donors (Lipinski definition) is 0. The second-order valence-corrected chi connectivity index (χ2v) is 20.9. The molecular weight excluding hydrogens is 3230 g/mol. The number of oxime groups is 1. The summed E-state index contributed by atoms with van der Waals surface area (Å²) in [4.78, 5) is 88.9. The molecule has 0 bridgehead atoms. The number of ether oxygens (including phenoxy) is 10. The molecule has 2 aromatic rings. The third-order valence-electron chi connectivity index (χ3n) is 12.3. The van der Waals surface area contributed by atoms with Crippen molar-refractivity contribution in [3.63, 3.8) is 0 Å². The minimum absolute atomic E-state index is 0. The minimum Gasteiger partial charge on any atom is -0.469 e. The van der Waals surface area contributed by atoms with Crippen molar-refractivity contribution in [3.8, 4) is 23.7 Å². The van der Waals surface area contributed by atoms with Gasteiger partial charge in [0.05, 0.1) is 95.5 Å². The van der Waals surface area contributed by atoms with Crippen molar-refractivity contribution >= 4 is 79.1 Å². The summed E-state index contributed by atoms with van der Waals surface area (Å²) in [5, 5.41) is 13.0. The minimum atomic E-state index is -0.475. The number of aromatic nitrogens is 2. The van der Waals surface area contributed by atoms with Crippen LogP contribution in [0.2, 0.25) is 0 Å². The third kappa shape index (κ3) is 107. The Labute approximate surface area is 983 Å². The van der Waals surface area contributed by atoms with Gasteiger partial charge in [-0.1, -0.05) is 116 Å². The molecule has 0 saturated heterocycles. The van der Waals surface area contributed by atoms with E-state index >= 15 is 0 Å². The Morgan fingerprint density at radius 2 is 0.685 bits per heavy atom. The number of carbonyl (C=O) groups excluding carboxylic acids is 7. The van der Waals surface area contributed by atoms with Crippen LogP contribution in [0.1, 0.15) is 214 Å². The van der Waals surface area contributed by atoms with Crippen molar-refractivity contribution in [2.75, 3.05) is 125 Å². The van der Waals surface area contributed by atoms with Crippen molar-refractivity contribution in [1.82, 2.24) is 15.4 Å². The van der Waals surface area contributed by atoms with Gasteiger partial charge >= 0.3 is 29.8 Å². The van der Waals surface area contributed by atoms with Crippen molar-refractivity contribution in [2.45, 2.75) is 208 Å². The van der Waals surface area contributed by atoms with E-state index in [0.29, 0.717) is 70.9 Å². The number of nitrogens with zero attached hydrogens (tertiary/aromatic N) is 4. The summed E-state index contributed by atoms with van der Waals surface area (Å²) >= 11 is 6.30. The topological polar surface area (TPSA) is 298 Å². The largest absolute Gasteiger partial charge is 0.469 e. The molecule has 1 amide bonds. The van der Waals surface area contributed by atoms with Crippen molar-refractivity contribution < 1.29 is 484 Å². The molecule has 5 atom stereocenters. The van der Waals surface area contributed by atoms with Crippen LogP contribution in [0.25, 0.3) is 0 Å². The monoisotopic (exact) mass is 3360 g/mol. The van der Waals surface area contributed by atoms with Crippen LogP contribution in [-0.4, -0.2) is 188 Å². The Kier molecular flexibility index (Phi) is 217. The van der Waals surface area contributed by atoms with E-state index < -0.39 is 23.8 Å². The first-order chi connectivity index (χ1) is 47.4. The quantitative estimate of drug-likeness (QED) is 0.0164. The molecule has 111 heavy (non-hydrogen) atoms. The molecule has 621 valence electrons. The van der Waals surface area contributed by atoms with Gasteiger partial charge in [-0.2, -0.15) is 0 Å². The Bertz CT molecular complexity index is 2440. The average molecular weight is 3360 g/mol. The first-order valence-electron chi connectivity index (χ1n) is 33.3. The van der Waals surface area contributed by atoms with Gasteiger partial charge in [-0.3, -0.25) is 38.4 Å². The number of methoxy groups -OCH3 is 10. The van der Waals surface area contributed by atoms with E-state index in [0.717, 1.165) is 55.3 Å². The number of aryl methyl sites for hydroxylation is 2. The van der Waals surface area contributed by atoms with Gasteiger partial charge in [0.2, 0.25) is 11.7 Å². The van der Waals surface area contributed by atoms with E-state index in [9.17, 15) is 33.6 Å². The molecule has 0 fully saturated rings. The summed E-state index contributed by atoms with van der Waals surface area (Å²) in [6.45, 7) is 39.4. The molecule has 0 aliphatic heterocycles. The summed E-state index contributed by atoms with van der Waals surface area (Å²) in [6.07, 6.45) is 5.85. The molecule has 0 spiro atoms. The number of Topliss-reactive ketones (excluding diaryl/α,β-unsaturated/α-hetero) is 1. The number of allylic oxidation sites excluding steroid dienone is 1. The van der Waals surface area contributed by atoms with Gasteiger partial charge in [0.15, 0.2) is 0 Å². The van der Waals surface area contributed by atoms with Crippen LogP contribution in [0, 0.1) is 225 Å². The Morgan fingerprint density at radius 3 is 0.919 bits per heavy atom. The fraction of sp³-hybridized carbons (Fsp3) is 0.722. The zero-order valence-electron chi connectivity index (χ0n) is 73.2. The van der Waals surface area contributed by atoms with E-state index in [4.69, 9.17) is 51.9 Å². The molecule has 2 heterocycles. The second kappa shape index (κ2) is 137. The zero-order chi connectivity index (χ0) is 79.3. The molecule has 7 radical (unpaired) electrons. The number of hydrogen-bond acceptors (Lipinski definition) is 24. The van der Waals surface area contributed by atoms with Crippen LogP contribution in [0.4, 0.5) is 0 Å². The van der Waals surface area contributed by atoms with Gasteiger partial charge in [-0.05, 0) is 124 Å². The van der Waals surface area contributed by atoms with Crippen molar-refractivity contribution in [3.05, 3.63) is 43.5 Å². The molecule has 5 unspecified atom stereocenters. The molecule has 39 heteroatoms. The Balaban J connectivity index is -0.0000000413. The molecule has 0 aromatic carbocycles. The predicted molar refractivity (Wildman–Crippen MR) is 399 cm³/mol. The van der Waals surface area contributed by atoms with E-state index in [2.05, 4.69) is 85.2 Å². The SMILES string of the molecule is CC.CC.CC.CC.CC.CC.CC#C/C(=N\OC)C(CCOC)CC(=O)OC.CC#CC(=O)C(CCOC)CC(=O)OC.CC=C(Br)Br.COCCC(CC(=O)OC)C(=O)N(C)OC.COCCC(CC(=O)OC)c1noc(C)c1C.COCCC(CC(=O)OC)c1noc(C)c1C.[U].[U].[U].[U].[U].[Y].[Y].[Y].[Y].[Y].[Y].[Y]. The number of amides is 1. The number of carbonyl (C=O) groups is 7. The Morgan fingerprint density at radius 1 is 0.432 bits per heavy atom. The van der Waals surface area contributed by atoms with Crippen LogP contribution >= 0.6 is 31.9 Å². The standard InChI is InChI=1S/3C12H19NO4.C11H16O4.C10H19NO5.C3H4Br2.6C2H6.5U.7Y/c2*1-8-9(2)17-13-12(8)10(5-6-15-3)7-11(14)16-4;1-5-6-11(13-17-4)10(7-8-15-2)9-12(14)16-3;1-4-5-10(12)9(6-7-14-2)8-11(13)15-3;1-11(16-4)10(13)8(5-6-14-2)7-9(12)15-3;1-2-3(4)5;6*1-2;;;;;;;;;;;;/h2*10H,5-7H2,1-4H3;10H,7-9H2,1-4H3;9H,6-8H2,1-3H3;8H,5-7H2,1-4H3;2H,1H3;6*1-2H3;;;;;;;;;;;;/b;;13-11+;;;;;;;;;;;;;;;;;;;;;. The molecule has 2 aromatic heterocycles. The van der Waals surface area contributed by atoms with Crippen LogP contribution in [0.15, 0.2) is 23.7 Å². The van der Waals surface area contributed by atoms with Gasteiger partial charge in [0.1, 0.15) is 24.3 Å². The van der Waals surface area contributed by atoms with Crippen LogP contribution in [0.3, 0.4) is 0 Å². The van der Waals surface area contributed by atoms with Gasteiger partial charge in [0.25, 0.3) is 0 Å². The summed E-state index contributed by atoms with van der Waals surface area (Å²) in [5.74, 6) is 8.93. The zero-order valence-corrected chi connectivity index (χ0v) is 117.